The molecule has 2 heterocycles. The maximum atomic E-state index is 15.3. The number of carbonyl (C=O) groups excluding carboxylic acids is 1. The molecule has 2 unspecified atom stereocenters. The van der Waals surface area contributed by atoms with Crippen molar-refractivity contribution >= 4 is 5.97 Å². The first kappa shape index (κ1) is 25.9. The lowest BCUT2D eigenvalue weighted by Gasteiger charge is -2.19. The van der Waals surface area contributed by atoms with Crippen molar-refractivity contribution < 1.29 is 23.4 Å². The second kappa shape index (κ2) is 10.3. The molecule has 3 aromatic carbocycles. The number of nitrogens with one attached hydrogen (secondary N) is 1. The predicted molar refractivity (Wildman–Crippen MR) is 150 cm³/mol. The third kappa shape index (κ3) is 4.66. The fourth-order valence-electron chi connectivity index (χ4n) is 6.12. The molecule has 0 bridgehead atoms. The molecule has 0 radical (unpaired) electrons. The molecule has 1 aliphatic carbocycles. The second-order valence-electron chi connectivity index (χ2n) is 10.5. The molecule has 7 heteroatoms. The van der Waals surface area contributed by atoms with Gasteiger partial charge in [0.05, 0.1) is 20.1 Å². The number of aromatic nitrogens is 1. The average Bonchev–Trinajstić information content (AvgIpc) is 3.54. The van der Waals surface area contributed by atoms with Gasteiger partial charge in [0.2, 0.25) is 5.56 Å². The Morgan fingerprint density at radius 1 is 1.05 bits per heavy atom. The minimum atomic E-state index is -0.415. The van der Waals surface area contributed by atoms with Crippen LogP contribution >= 0.6 is 0 Å². The minimum Gasteiger partial charge on any atom is -0.492 e. The van der Waals surface area contributed by atoms with Gasteiger partial charge in [-0.1, -0.05) is 24.3 Å². The molecule has 1 aliphatic heterocycles. The van der Waals surface area contributed by atoms with E-state index in [0.29, 0.717) is 36.5 Å². The molecule has 2 aliphatic rings. The summed E-state index contributed by atoms with van der Waals surface area (Å²) < 4.78 is 32.3. The van der Waals surface area contributed by atoms with Crippen molar-refractivity contribution in [3.05, 3.63) is 105 Å². The number of aromatic amines is 1. The van der Waals surface area contributed by atoms with Crippen LogP contribution in [-0.4, -0.2) is 24.7 Å². The zero-order valence-electron chi connectivity index (χ0n) is 22.7. The highest BCUT2D eigenvalue weighted by atomic mass is 19.1. The molecule has 0 amide bonds. The van der Waals surface area contributed by atoms with Crippen LogP contribution in [0.1, 0.15) is 52.7 Å². The first-order chi connectivity index (χ1) is 19.3. The topological polar surface area (TPSA) is 77.6 Å². The number of carbonyl (C=O) groups is 1. The van der Waals surface area contributed by atoms with E-state index in [0.717, 1.165) is 44.5 Å². The number of hydrogen-bond acceptors (Lipinski definition) is 5. The number of ether oxygens (including phenoxy) is 3. The standard InChI is InChI=1S/C33H30FNO5/c1-18-12-21(20-4-11-30(36)35-16-20)13-19(2)32(18)25-7-9-27(34)33-26(25)8-10-28(33)40-23-5-6-24-22(14-31(37)38-3)17-39-29(24)15-23/h4-7,9,11-13,15-16,22,28H,8,10,14,17H2,1-3H3,(H,35,36). The van der Waals surface area contributed by atoms with Crippen LogP contribution in [-0.2, 0) is 16.0 Å². The van der Waals surface area contributed by atoms with Gasteiger partial charge in [0.25, 0.3) is 0 Å². The third-order valence-electron chi connectivity index (χ3n) is 7.99. The van der Waals surface area contributed by atoms with Crippen LogP contribution < -0.4 is 15.0 Å². The van der Waals surface area contributed by atoms with E-state index in [4.69, 9.17) is 14.2 Å². The molecule has 6 rings (SSSR count). The fraction of sp³-hybridized carbons (Fsp3) is 0.273. The third-order valence-corrected chi connectivity index (χ3v) is 7.99. The minimum absolute atomic E-state index is 0.0502. The summed E-state index contributed by atoms with van der Waals surface area (Å²) in [6.45, 7) is 4.54. The van der Waals surface area contributed by atoms with Gasteiger partial charge in [-0.3, -0.25) is 9.59 Å². The average molecular weight is 540 g/mol. The Kier molecular flexibility index (Phi) is 6.66. The molecule has 0 saturated carbocycles. The Morgan fingerprint density at radius 2 is 1.85 bits per heavy atom. The normalized spacial score (nSPS) is 17.2. The summed E-state index contributed by atoms with van der Waals surface area (Å²) in [6.07, 6.45) is 2.94. The maximum absolute atomic E-state index is 15.3. The molecular formula is C33H30FNO5. The Morgan fingerprint density at radius 3 is 2.58 bits per heavy atom. The summed E-state index contributed by atoms with van der Waals surface area (Å²) in [4.78, 5) is 26.0. The Bertz CT molecular complexity index is 1650. The number of H-pyrrole nitrogens is 1. The van der Waals surface area contributed by atoms with Gasteiger partial charge in [0.15, 0.2) is 0 Å². The van der Waals surface area contributed by atoms with Crippen LogP contribution in [0, 0.1) is 19.7 Å². The van der Waals surface area contributed by atoms with Gasteiger partial charge in [-0.05, 0) is 83.8 Å². The van der Waals surface area contributed by atoms with Crippen LogP contribution in [0.3, 0.4) is 0 Å². The van der Waals surface area contributed by atoms with E-state index in [-0.39, 0.29) is 29.7 Å². The van der Waals surface area contributed by atoms with Crippen molar-refractivity contribution in [2.24, 2.45) is 0 Å². The first-order valence-electron chi connectivity index (χ1n) is 13.4. The van der Waals surface area contributed by atoms with Crippen molar-refractivity contribution in [2.75, 3.05) is 13.7 Å². The van der Waals surface area contributed by atoms with Gasteiger partial charge in [0, 0.05) is 35.4 Å². The summed E-state index contributed by atoms with van der Waals surface area (Å²) in [7, 11) is 1.38. The number of methoxy groups -OCH3 is 1. The highest BCUT2D eigenvalue weighted by molar-refractivity contribution is 5.79. The monoisotopic (exact) mass is 539 g/mol. The maximum Gasteiger partial charge on any atom is 0.306 e. The highest BCUT2D eigenvalue weighted by Gasteiger charge is 2.32. The lowest BCUT2D eigenvalue weighted by molar-refractivity contribution is -0.141. The summed E-state index contributed by atoms with van der Waals surface area (Å²) in [6, 6.07) is 16.6. The van der Waals surface area contributed by atoms with Crippen LogP contribution in [0.2, 0.25) is 0 Å². The molecule has 6 nitrogen and oxygen atoms in total. The molecule has 1 N–H and O–H groups in total. The predicted octanol–water partition coefficient (Wildman–Crippen LogP) is 6.57. The molecule has 40 heavy (non-hydrogen) atoms. The number of hydrogen-bond donors (Lipinski definition) is 1. The lowest BCUT2D eigenvalue weighted by atomic mass is 9.88. The van der Waals surface area contributed by atoms with Crippen LogP contribution in [0.15, 0.2) is 65.6 Å². The van der Waals surface area contributed by atoms with Gasteiger partial charge in [-0.2, -0.15) is 0 Å². The quantitative estimate of drug-likeness (QED) is 0.281. The molecule has 4 aromatic rings. The molecular weight excluding hydrogens is 509 g/mol. The Labute approximate surface area is 231 Å². The van der Waals surface area contributed by atoms with Crippen LogP contribution in [0.25, 0.3) is 22.3 Å². The molecule has 204 valence electrons. The largest absolute Gasteiger partial charge is 0.492 e. The smallest absolute Gasteiger partial charge is 0.306 e. The van der Waals surface area contributed by atoms with Crippen molar-refractivity contribution in [2.45, 2.75) is 45.1 Å². The number of fused-ring (bicyclic) bond motifs is 2. The van der Waals surface area contributed by atoms with Gasteiger partial charge in [-0.25, -0.2) is 4.39 Å². The number of benzene rings is 3. The van der Waals surface area contributed by atoms with E-state index in [1.54, 1.807) is 6.20 Å². The molecule has 0 saturated heterocycles. The summed E-state index contributed by atoms with van der Waals surface area (Å²) in [5.74, 6) is 0.709. The van der Waals surface area contributed by atoms with Crippen molar-refractivity contribution in [1.82, 2.24) is 4.98 Å². The fourth-order valence-corrected chi connectivity index (χ4v) is 6.12. The lowest BCUT2D eigenvalue weighted by Crippen LogP contribution is -2.09. The molecule has 2 atom stereocenters. The number of halogens is 1. The molecule has 0 fully saturated rings. The van der Waals surface area contributed by atoms with E-state index in [1.807, 2.05) is 30.3 Å². The zero-order valence-corrected chi connectivity index (χ0v) is 22.7. The van der Waals surface area contributed by atoms with Gasteiger partial charge in [0.1, 0.15) is 23.4 Å². The van der Waals surface area contributed by atoms with Crippen LogP contribution in [0.5, 0.6) is 11.5 Å². The summed E-state index contributed by atoms with van der Waals surface area (Å²) in [5, 5.41) is 0. The number of pyridine rings is 1. The second-order valence-corrected chi connectivity index (χ2v) is 10.5. The van der Waals surface area contributed by atoms with E-state index < -0.39 is 6.10 Å². The van der Waals surface area contributed by atoms with E-state index in [1.165, 1.54) is 19.2 Å². The molecule has 0 spiro atoms. The Hall–Kier alpha value is -4.39. The highest BCUT2D eigenvalue weighted by Crippen LogP contribution is 2.45. The van der Waals surface area contributed by atoms with Gasteiger partial charge >= 0.3 is 5.97 Å². The number of rotatable bonds is 6. The number of esters is 1. The SMILES string of the molecule is COC(=O)CC1COc2cc(OC3CCc4c(-c5c(C)cc(-c6ccc(=O)[nH]c6)cc5C)ccc(F)c43)ccc21. The molecule has 1 aromatic heterocycles. The van der Waals surface area contributed by atoms with E-state index >= 15 is 4.39 Å². The van der Waals surface area contributed by atoms with E-state index in [2.05, 4.69) is 31.0 Å². The van der Waals surface area contributed by atoms with Crippen molar-refractivity contribution in [3.63, 3.8) is 0 Å². The zero-order chi connectivity index (χ0) is 28.0. The van der Waals surface area contributed by atoms with Gasteiger partial charge < -0.3 is 19.2 Å². The Balaban J connectivity index is 1.29. The van der Waals surface area contributed by atoms with E-state index in [9.17, 15) is 9.59 Å². The van der Waals surface area contributed by atoms with Crippen LogP contribution in [0.4, 0.5) is 4.39 Å². The number of aryl methyl sites for hydroxylation is 2. The summed E-state index contributed by atoms with van der Waals surface area (Å²) in [5.41, 5.74) is 8.62. The van der Waals surface area contributed by atoms with Gasteiger partial charge in [-0.15, -0.1) is 0 Å². The first-order valence-corrected chi connectivity index (χ1v) is 13.4. The van der Waals surface area contributed by atoms with Crippen molar-refractivity contribution in [3.8, 4) is 33.8 Å². The van der Waals surface area contributed by atoms with Crippen molar-refractivity contribution in [1.29, 1.82) is 0 Å². The summed E-state index contributed by atoms with van der Waals surface area (Å²) >= 11 is 0.